The molecule has 3 nitrogen and oxygen atoms in total. The second-order valence-corrected chi connectivity index (χ2v) is 1.58. The van der Waals surface area contributed by atoms with Gasteiger partial charge in [-0.2, -0.15) is 10.2 Å². The zero-order valence-corrected chi connectivity index (χ0v) is 4.82. The quantitative estimate of drug-likeness (QED) is 0.474. The minimum Gasteiger partial charge on any atom is -0.293 e. The fourth-order valence-corrected chi connectivity index (χ4v) is 0.461. The SMILES string of the molecule is O=C1C=CC=CN=NC1. The lowest BCUT2D eigenvalue weighted by Gasteiger charge is -1.86. The highest BCUT2D eigenvalue weighted by Crippen LogP contribution is 1.88. The zero-order chi connectivity index (χ0) is 6.53. The molecular weight excluding hydrogens is 116 g/mol. The van der Waals surface area contributed by atoms with Crippen molar-refractivity contribution in [1.82, 2.24) is 0 Å². The summed E-state index contributed by atoms with van der Waals surface area (Å²) in [6, 6.07) is 0. The minimum atomic E-state index is -0.0110. The molecule has 0 atom stereocenters. The Bertz CT molecular complexity index is 191. The Morgan fingerprint density at radius 2 is 2.33 bits per heavy atom. The van der Waals surface area contributed by atoms with Gasteiger partial charge in [-0.3, -0.25) is 4.79 Å². The van der Waals surface area contributed by atoms with Gasteiger partial charge in [0.25, 0.3) is 0 Å². The first-order chi connectivity index (χ1) is 4.39. The van der Waals surface area contributed by atoms with Crippen LogP contribution in [-0.2, 0) is 4.79 Å². The number of azo groups is 1. The second kappa shape index (κ2) is 2.91. The highest BCUT2D eigenvalue weighted by molar-refractivity contribution is 5.91. The number of carbonyl (C=O) groups is 1. The van der Waals surface area contributed by atoms with Crippen LogP contribution in [0.3, 0.4) is 0 Å². The van der Waals surface area contributed by atoms with Gasteiger partial charge in [0, 0.05) is 6.20 Å². The van der Waals surface area contributed by atoms with Crippen molar-refractivity contribution in [3.8, 4) is 0 Å². The molecule has 0 saturated heterocycles. The highest BCUT2D eigenvalue weighted by atomic mass is 16.1. The fraction of sp³-hybridized carbons (Fsp3) is 0.167. The fourth-order valence-electron chi connectivity index (χ4n) is 0.461. The molecule has 0 aliphatic carbocycles. The van der Waals surface area contributed by atoms with Crippen molar-refractivity contribution in [1.29, 1.82) is 0 Å². The molecular formula is C6H6N2O. The average molecular weight is 122 g/mol. The van der Waals surface area contributed by atoms with Crippen LogP contribution < -0.4 is 0 Å². The molecule has 1 aliphatic rings. The first kappa shape index (κ1) is 5.88. The van der Waals surface area contributed by atoms with Gasteiger partial charge in [0.1, 0.15) is 6.54 Å². The maximum absolute atomic E-state index is 10.6. The number of rotatable bonds is 0. The first-order valence-corrected chi connectivity index (χ1v) is 2.62. The zero-order valence-electron chi connectivity index (χ0n) is 4.82. The van der Waals surface area contributed by atoms with E-state index in [0.29, 0.717) is 0 Å². The van der Waals surface area contributed by atoms with Crippen LogP contribution in [-0.4, -0.2) is 12.3 Å². The summed E-state index contributed by atoms with van der Waals surface area (Å²) >= 11 is 0. The Balaban J connectivity index is 2.70. The van der Waals surface area contributed by atoms with Crippen LogP contribution in [0.4, 0.5) is 0 Å². The summed E-state index contributed by atoms with van der Waals surface area (Å²) < 4.78 is 0. The number of carbonyl (C=O) groups excluding carboxylic acids is 1. The Morgan fingerprint density at radius 1 is 1.44 bits per heavy atom. The van der Waals surface area contributed by atoms with Crippen LogP contribution >= 0.6 is 0 Å². The van der Waals surface area contributed by atoms with Crippen molar-refractivity contribution < 1.29 is 4.79 Å². The largest absolute Gasteiger partial charge is 0.293 e. The van der Waals surface area contributed by atoms with Gasteiger partial charge in [0.2, 0.25) is 0 Å². The lowest BCUT2D eigenvalue weighted by Crippen LogP contribution is -1.96. The van der Waals surface area contributed by atoms with E-state index in [4.69, 9.17) is 0 Å². The normalized spacial score (nSPS) is 17.6. The molecule has 0 bridgehead atoms. The minimum absolute atomic E-state index is 0.0110. The molecule has 1 rings (SSSR count). The molecule has 3 heteroatoms. The Kier molecular flexibility index (Phi) is 1.90. The van der Waals surface area contributed by atoms with Crippen molar-refractivity contribution in [2.45, 2.75) is 0 Å². The third-order valence-electron chi connectivity index (χ3n) is 0.854. The van der Waals surface area contributed by atoms with Crippen LogP contribution in [0.2, 0.25) is 0 Å². The van der Waals surface area contributed by atoms with Crippen molar-refractivity contribution in [2.24, 2.45) is 10.2 Å². The van der Waals surface area contributed by atoms with Crippen molar-refractivity contribution in [3.05, 3.63) is 24.4 Å². The van der Waals surface area contributed by atoms with E-state index in [2.05, 4.69) is 10.2 Å². The van der Waals surface area contributed by atoms with Gasteiger partial charge in [0.05, 0.1) is 0 Å². The molecule has 0 aromatic carbocycles. The predicted molar refractivity (Wildman–Crippen MR) is 33.0 cm³/mol. The summed E-state index contributed by atoms with van der Waals surface area (Å²) in [6.07, 6.45) is 6.35. The van der Waals surface area contributed by atoms with E-state index in [9.17, 15) is 4.79 Å². The van der Waals surface area contributed by atoms with Crippen molar-refractivity contribution >= 4 is 5.78 Å². The van der Waals surface area contributed by atoms with Gasteiger partial charge in [-0.05, 0) is 12.2 Å². The summed E-state index contributed by atoms with van der Waals surface area (Å²) in [4.78, 5) is 10.6. The molecule has 46 valence electrons. The number of hydrogen-bond acceptors (Lipinski definition) is 3. The van der Waals surface area contributed by atoms with Crippen LogP contribution in [0.25, 0.3) is 0 Å². The molecule has 1 heterocycles. The third-order valence-corrected chi connectivity index (χ3v) is 0.854. The number of nitrogens with zero attached hydrogens (tertiary/aromatic N) is 2. The van der Waals surface area contributed by atoms with Crippen molar-refractivity contribution in [2.75, 3.05) is 6.54 Å². The maximum atomic E-state index is 10.6. The molecule has 0 fully saturated rings. The van der Waals surface area contributed by atoms with E-state index in [1.54, 1.807) is 18.4 Å². The molecule has 0 aromatic heterocycles. The highest BCUT2D eigenvalue weighted by Gasteiger charge is 1.91. The van der Waals surface area contributed by atoms with Gasteiger partial charge < -0.3 is 0 Å². The van der Waals surface area contributed by atoms with E-state index in [1.165, 1.54) is 6.08 Å². The molecule has 0 amide bonds. The summed E-state index contributed by atoms with van der Waals surface area (Å²) in [7, 11) is 0. The molecule has 1 aliphatic heterocycles. The maximum Gasteiger partial charge on any atom is 0.178 e. The monoisotopic (exact) mass is 122 g/mol. The van der Waals surface area contributed by atoms with Crippen LogP contribution in [0.15, 0.2) is 34.7 Å². The Morgan fingerprint density at radius 3 is 3.22 bits per heavy atom. The molecule has 0 aromatic rings. The summed E-state index contributed by atoms with van der Waals surface area (Å²) in [5.74, 6) is -0.0110. The molecule has 0 spiro atoms. The van der Waals surface area contributed by atoms with E-state index in [-0.39, 0.29) is 12.3 Å². The number of ketones is 1. The predicted octanol–water partition coefficient (Wildman–Crippen LogP) is 1.09. The van der Waals surface area contributed by atoms with E-state index < -0.39 is 0 Å². The molecule has 0 N–H and O–H groups in total. The van der Waals surface area contributed by atoms with Gasteiger partial charge in [0.15, 0.2) is 5.78 Å². The standard InChI is InChI=1S/C6H6N2O/c9-6-3-1-2-4-7-8-5-6/h1-4H,5H2. The topological polar surface area (TPSA) is 41.8 Å². The smallest absolute Gasteiger partial charge is 0.178 e. The summed E-state index contributed by atoms with van der Waals surface area (Å²) in [6.45, 7) is 0.167. The average Bonchev–Trinajstić information content (AvgIpc) is 1.79. The van der Waals surface area contributed by atoms with Crippen LogP contribution in [0.1, 0.15) is 0 Å². The van der Waals surface area contributed by atoms with Gasteiger partial charge >= 0.3 is 0 Å². The third kappa shape index (κ3) is 1.99. The van der Waals surface area contributed by atoms with Gasteiger partial charge in [-0.25, -0.2) is 0 Å². The molecule has 0 saturated carbocycles. The van der Waals surface area contributed by atoms with Crippen LogP contribution in [0, 0.1) is 0 Å². The van der Waals surface area contributed by atoms with Gasteiger partial charge in [-0.15, -0.1) is 0 Å². The van der Waals surface area contributed by atoms with E-state index in [1.807, 2.05) is 0 Å². The first-order valence-electron chi connectivity index (χ1n) is 2.62. The molecule has 0 unspecified atom stereocenters. The lowest BCUT2D eigenvalue weighted by molar-refractivity contribution is -0.113. The number of hydrogen-bond donors (Lipinski definition) is 0. The van der Waals surface area contributed by atoms with Crippen LogP contribution in [0.5, 0.6) is 0 Å². The second-order valence-electron chi connectivity index (χ2n) is 1.58. The molecule has 9 heavy (non-hydrogen) atoms. The number of allylic oxidation sites excluding steroid dienone is 2. The summed E-state index contributed by atoms with van der Waals surface area (Å²) in [5, 5.41) is 7.10. The van der Waals surface area contributed by atoms with E-state index in [0.717, 1.165) is 0 Å². The summed E-state index contributed by atoms with van der Waals surface area (Å²) in [5.41, 5.74) is 0. The van der Waals surface area contributed by atoms with Crippen molar-refractivity contribution in [3.63, 3.8) is 0 Å². The lowest BCUT2D eigenvalue weighted by atomic mass is 10.3. The molecule has 0 radical (unpaired) electrons. The Hall–Kier alpha value is -1.25. The van der Waals surface area contributed by atoms with E-state index >= 15 is 0 Å². The Labute approximate surface area is 52.8 Å². The van der Waals surface area contributed by atoms with Gasteiger partial charge in [-0.1, -0.05) is 6.08 Å².